The van der Waals surface area contributed by atoms with E-state index in [0.717, 1.165) is 6.07 Å². The molecule has 0 aliphatic rings. The van der Waals surface area contributed by atoms with Gasteiger partial charge in [-0.1, -0.05) is 0 Å². The lowest BCUT2D eigenvalue weighted by Gasteiger charge is -2.19. The van der Waals surface area contributed by atoms with Crippen LogP contribution in [0.3, 0.4) is 0 Å². The van der Waals surface area contributed by atoms with Crippen LogP contribution in [-0.2, 0) is 9.53 Å². The zero-order valence-electron chi connectivity index (χ0n) is 11.8. The van der Waals surface area contributed by atoms with Gasteiger partial charge in [-0.15, -0.1) is 0 Å². The lowest BCUT2D eigenvalue weighted by atomic mass is 9.97. The first-order valence-electron chi connectivity index (χ1n) is 6.32. The molecule has 0 radical (unpaired) electrons. The number of carbonyl (C=O) groups excluding carboxylic acids is 2. The van der Waals surface area contributed by atoms with Crippen LogP contribution in [0.15, 0.2) is 12.1 Å². The van der Waals surface area contributed by atoms with Crippen molar-refractivity contribution in [2.24, 2.45) is 0 Å². The number of aliphatic hydroxyl groups excluding tert-OH is 2. The average Bonchev–Trinajstić information content (AvgIpc) is 2.46. The fraction of sp³-hybridized carbons (Fsp3) is 0.429. The lowest BCUT2D eigenvalue weighted by Crippen LogP contribution is -2.24. The summed E-state index contributed by atoms with van der Waals surface area (Å²) in [6.45, 7) is 1.78. The van der Waals surface area contributed by atoms with Gasteiger partial charge in [0.1, 0.15) is 6.10 Å². The number of hydrogen-bond donors (Lipinski definition) is 3. The van der Waals surface area contributed by atoms with E-state index < -0.39 is 24.6 Å². The Labute approximate surface area is 121 Å². The summed E-state index contributed by atoms with van der Waals surface area (Å²) in [7, 11) is 1.31. The van der Waals surface area contributed by atoms with Gasteiger partial charge in [0.2, 0.25) is 0 Å². The third kappa shape index (κ3) is 4.17. The van der Waals surface area contributed by atoms with E-state index in [1.54, 1.807) is 6.92 Å². The van der Waals surface area contributed by atoms with E-state index in [4.69, 9.17) is 4.74 Å². The molecule has 0 amide bonds. The van der Waals surface area contributed by atoms with E-state index in [1.165, 1.54) is 13.2 Å². The zero-order chi connectivity index (χ0) is 16.0. The van der Waals surface area contributed by atoms with Crippen LogP contribution in [0.5, 0.6) is 11.5 Å². The number of ether oxygens (including phenoxy) is 2. The summed E-state index contributed by atoms with van der Waals surface area (Å²) in [6, 6.07) is 2.35. The van der Waals surface area contributed by atoms with Gasteiger partial charge < -0.3 is 24.8 Å². The van der Waals surface area contributed by atoms with Gasteiger partial charge in [0, 0.05) is 5.56 Å². The van der Waals surface area contributed by atoms with Crippen molar-refractivity contribution < 1.29 is 34.4 Å². The first-order valence-corrected chi connectivity index (χ1v) is 6.32. The molecule has 0 fully saturated rings. The van der Waals surface area contributed by atoms with Gasteiger partial charge in [0.25, 0.3) is 0 Å². The van der Waals surface area contributed by atoms with E-state index in [9.17, 15) is 24.9 Å². The second-order valence-electron chi connectivity index (χ2n) is 4.29. The van der Waals surface area contributed by atoms with E-state index in [-0.39, 0.29) is 29.2 Å². The smallest absolute Gasteiger partial charge is 0.308 e. The standard InChI is InChI=1S/C14H18O7/c1-3-21-13(18)6-11(17)14(19)9-5-10(16)12(20-2)4-8(9)7-15/h4-5,7,11,14,16-17,19H,3,6H2,1-2H3. The predicted molar refractivity (Wildman–Crippen MR) is 72.3 cm³/mol. The number of carbonyl (C=O) groups is 2. The first-order chi connectivity index (χ1) is 9.94. The molecule has 3 N–H and O–H groups in total. The Bertz CT molecular complexity index is 512. The molecule has 7 nitrogen and oxygen atoms in total. The molecule has 1 aromatic carbocycles. The van der Waals surface area contributed by atoms with Gasteiger partial charge in [-0.2, -0.15) is 0 Å². The van der Waals surface area contributed by atoms with E-state index in [1.807, 2.05) is 0 Å². The van der Waals surface area contributed by atoms with Gasteiger partial charge >= 0.3 is 5.97 Å². The number of phenolic OH excluding ortho intramolecular Hbond substituents is 1. The molecular formula is C14H18O7. The van der Waals surface area contributed by atoms with Gasteiger partial charge in [0.15, 0.2) is 17.8 Å². The molecule has 1 aromatic rings. The minimum Gasteiger partial charge on any atom is -0.504 e. The Kier molecular flexibility index (Phi) is 6.13. The molecule has 7 heteroatoms. The summed E-state index contributed by atoms with van der Waals surface area (Å²) < 4.78 is 9.52. The molecule has 0 heterocycles. The number of hydrogen-bond acceptors (Lipinski definition) is 7. The lowest BCUT2D eigenvalue weighted by molar-refractivity contribution is -0.147. The van der Waals surface area contributed by atoms with Gasteiger partial charge in [-0.3, -0.25) is 9.59 Å². The van der Waals surface area contributed by atoms with Crippen molar-refractivity contribution in [3.05, 3.63) is 23.3 Å². The highest BCUT2D eigenvalue weighted by atomic mass is 16.5. The Balaban J connectivity index is 3.00. The maximum atomic E-state index is 11.3. The number of aromatic hydroxyl groups is 1. The number of phenols is 1. The van der Waals surface area contributed by atoms with Crippen molar-refractivity contribution >= 4 is 12.3 Å². The van der Waals surface area contributed by atoms with Crippen molar-refractivity contribution in [1.82, 2.24) is 0 Å². The Morgan fingerprint density at radius 2 is 2.05 bits per heavy atom. The van der Waals surface area contributed by atoms with Crippen molar-refractivity contribution in [3.8, 4) is 11.5 Å². The van der Waals surface area contributed by atoms with Gasteiger partial charge in [-0.05, 0) is 24.6 Å². The number of benzene rings is 1. The van der Waals surface area contributed by atoms with Crippen LogP contribution in [0, 0.1) is 0 Å². The fourth-order valence-corrected chi connectivity index (χ4v) is 1.83. The maximum Gasteiger partial charge on any atom is 0.308 e. The second-order valence-corrected chi connectivity index (χ2v) is 4.29. The molecule has 0 saturated heterocycles. The molecule has 0 bridgehead atoms. The SMILES string of the molecule is CCOC(=O)CC(O)C(O)c1cc(O)c(OC)cc1C=O. The summed E-state index contributed by atoms with van der Waals surface area (Å²) in [4.78, 5) is 22.3. The third-order valence-electron chi connectivity index (χ3n) is 2.88. The number of methoxy groups -OCH3 is 1. The summed E-state index contributed by atoms with van der Waals surface area (Å²) in [5.74, 6) is -0.900. The summed E-state index contributed by atoms with van der Waals surface area (Å²) in [6.07, 6.45) is -2.96. The predicted octanol–water partition coefficient (Wildman–Crippen LogP) is 0.561. The Hall–Kier alpha value is -2.12. The van der Waals surface area contributed by atoms with Gasteiger partial charge in [0.05, 0.1) is 26.2 Å². The third-order valence-corrected chi connectivity index (χ3v) is 2.88. The topological polar surface area (TPSA) is 113 Å². The van der Waals surface area contributed by atoms with Crippen molar-refractivity contribution in [2.45, 2.75) is 25.6 Å². The molecule has 2 unspecified atom stereocenters. The molecule has 116 valence electrons. The molecule has 0 aliphatic carbocycles. The highest BCUT2D eigenvalue weighted by Gasteiger charge is 2.25. The van der Waals surface area contributed by atoms with Crippen molar-refractivity contribution in [1.29, 1.82) is 0 Å². The Morgan fingerprint density at radius 1 is 1.38 bits per heavy atom. The minimum absolute atomic E-state index is 0.0000912. The average molecular weight is 298 g/mol. The molecule has 21 heavy (non-hydrogen) atoms. The van der Waals surface area contributed by atoms with Crippen LogP contribution >= 0.6 is 0 Å². The largest absolute Gasteiger partial charge is 0.504 e. The molecule has 0 saturated carbocycles. The van der Waals surface area contributed by atoms with Crippen LogP contribution in [0.4, 0.5) is 0 Å². The number of esters is 1. The minimum atomic E-state index is -1.52. The van der Waals surface area contributed by atoms with E-state index >= 15 is 0 Å². The maximum absolute atomic E-state index is 11.3. The molecular weight excluding hydrogens is 280 g/mol. The molecule has 0 spiro atoms. The molecule has 1 rings (SSSR count). The van der Waals surface area contributed by atoms with Crippen LogP contribution < -0.4 is 4.74 Å². The van der Waals surface area contributed by atoms with E-state index in [0.29, 0.717) is 6.29 Å². The number of aliphatic hydroxyl groups is 2. The number of aldehydes is 1. The molecule has 0 aromatic heterocycles. The zero-order valence-corrected chi connectivity index (χ0v) is 11.8. The highest BCUT2D eigenvalue weighted by molar-refractivity contribution is 5.79. The quantitative estimate of drug-likeness (QED) is 0.498. The Morgan fingerprint density at radius 3 is 2.57 bits per heavy atom. The number of rotatable bonds is 7. The first kappa shape index (κ1) is 16.9. The van der Waals surface area contributed by atoms with E-state index in [2.05, 4.69) is 4.74 Å². The summed E-state index contributed by atoms with van der Waals surface area (Å²) in [5.41, 5.74) is 0.0418. The van der Waals surface area contributed by atoms with Crippen molar-refractivity contribution in [3.63, 3.8) is 0 Å². The summed E-state index contributed by atoms with van der Waals surface area (Å²) >= 11 is 0. The van der Waals surface area contributed by atoms with Crippen LogP contribution in [0.2, 0.25) is 0 Å². The van der Waals surface area contributed by atoms with Crippen LogP contribution in [0.25, 0.3) is 0 Å². The van der Waals surface area contributed by atoms with Crippen LogP contribution in [-0.4, -0.2) is 47.4 Å². The van der Waals surface area contributed by atoms with Crippen molar-refractivity contribution in [2.75, 3.05) is 13.7 Å². The molecule has 2 atom stereocenters. The highest BCUT2D eigenvalue weighted by Crippen LogP contribution is 2.33. The van der Waals surface area contributed by atoms with Gasteiger partial charge in [-0.25, -0.2) is 0 Å². The fourth-order valence-electron chi connectivity index (χ4n) is 1.83. The van der Waals surface area contributed by atoms with Crippen LogP contribution in [0.1, 0.15) is 35.4 Å². The molecule has 0 aliphatic heterocycles. The second kappa shape index (κ2) is 7.61. The summed E-state index contributed by atoms with van der Waals surface area (Å²) in [5, 5.41) is 29.5. The normalized spacial score (nSPS) is 13.3. The monoisotopic (exact) mass is 298 g/mol.